The predicted molar refractivity (Wildman–Crippen MR) is 76.3 cm³/mol. The molecule has 1 aliphatic carbocycles. The second-order valence-corrected chi connectivity index (χ2v) is 5.84. The molecule has 1 aromatic rings. The van der Waals surface area contributed by atoms with Gasteiger partial charge < -0.3 is 9.47 Å². The normalized spacial score (nSPS) is 26.1. The number of carbonyl (C=O) groups excluding carboxylic acids is 1. The number of ether oxygens (including phenoxy) is 2. The molecule has 0 bridgehead atoms. The topological polar surface area (TPSA) is 38.8 Å². The van der Waals surface area contributed by atoms with Gasteiger partial charge in [0.1, 0.15) is 5.60 Å². The lowest BCUT2D eigenvalue weighted by atomic mass is 9.73. The molecule has 1 unspecified atom stereocenters. The quantitative estimate of drug-likeness (QED) is 0.452. The van der Waals surface area contributed by atoms with Crippen LogP contribution in [0.3, 0.4) is 0 Å². The zero-order valence-electron chi connectivity index (χ0n) is 12.1. The van der Waals surface area contributed by atoms with Crippen LogP contribution < -0.4 is 0 Å². The third-order valence-corrected chi connectivity index (χ3v) is 4.56. The fourth-order valence-electron chi connectivity index (χ4n) is 3.18. The Hall–Kier alpha value is -1.35. The van der Waals surface area contributed by atoms with E-state index in [2.05, 4.69) is 6.92 Å². The van der Waals surface area contributed by atoms with E-state index < -0.39 is 5.60 Å². The summed E-state index contributed by atoms with van der Waals surface area (Å²) < 4.78 is 11.5. The fraction of sp³-hybridized carbons (Fsp3) is 0.588. The van der Waals surface area contributed by atoms with Gasteiger partial charge in [0.25, 0.3) is 0 Å². The summed E-state index contributed by atoms with van der Waals surface area (Å²) in [5, 5.41) is 0. The van der Waals surface area contributed by atoms with Gasteiger partial charge in [-0.2, -0.15) is 0 Å². The van der Waals surface area contributed by atoms with Crippen LogP contribution in [0, 0.1) is 0 Å². The van der Waals surface area contributed by atoms with E-state index in [0.29, 0.717) is 6.61 Å². The van der Waals surface area contributed by atoms with E-state index in [-0.39, 0.29) is 11.6 Å². The molecule has 108 valence electrons. The molecule has 1 aromatic carbocycles. The summed E-state index contributed by atoms with van der Waals surface area (Å²) in [6.07, 6.45) is 6.22. The fourth-order valence-corrected chi connectivity index (χ4v) is 3.18. The molecule has 3 nitrogen and oxygen atoms in total. The third-order valence-electron chi connectivity index (χ3n) is 4.56. The van der Waals surface area contributed by atoms with Crippen molar-refractivity contribution in [1.82, 2.24) is 0 Å². The Morgan fingerprint density at radius 2 is 2.00 bits per heavy atom. The number of rotatable bonds is 6. The Morgan fingerprint density at radius 1 is 1.25 bits per heavy atom. The summed E-state index contributed by atoms with van der Waals surface area (Å²) >= 11 is 0. The zero-order chi connectivity index (χ0) is 14.1. The van der Waals surface area contributed by atoms with Gasteiger partial charge in [0, 0.05) is 0 Å². The van der Waals surface area contributed by atoms with Gasteiger partial charge in [0.05, 0.1) is 6.61 Å². The molecule has 0 aromatic heterocycles. The van der Waals surface area contributed by atoms with Gasteiger partial charge in [-0.3, -0.25) is 0 Å². The van der Waals surface area contributed by atoms with Gasteiger partial charge in [0.15, 0.2) is 0 Å². The first kappa shape index (κ1) is 13.6. The van der Waals surface area contributed by atoms with E-state index >= 15 is 0 Å². The van der Waals surface area contributed by atoms with Crippen molar-refractivity contribution in [1.29, 1.82) is 0 Å². The van der Waals surface area contributed by atoms with Gasteiger partial charge in [0.2, 0.25) is 5.60 Å². The first-order valence-electron chi connectivity index (χ1n) is 7.68. The first-order valence-corrected chi connectivity index (χ1v) is 7.68. The van der Waals surface area contributed by atoms with Crippen LogP contribution in [0.25, 0.3) is 0 Å². The van der Waals surface area contributed by atoms with Crippen molar-refractivity contribution >= 4 is 5.97 Å². The van der Waals surface area contributed by atoms with E-state index in [1.807, 2.05) is 30.3 Å². The third kappa shape index (κ3) is 1.96. The van der Waals surface area contributed by atoms with Crippen LogP contribution in [0.15, 0.2) is 30.3 Å². The lowest BCUT2D eigenvalue weighted by Crippen LogP contribution is -2.38. The van der Waals surface area contributed by atoms with Crippen LogP contribution in [0.4, 0.5) is 0 Å². The highest BCUT2D eigenvalue weighted by molar-refractivity contribution is 5.87. The molecule has 1 saturated carbocycles. The van der Waals surface area contributed by atoms with Crippen LogP contribution in [0.1, 0.15) is 51.0 Å². The van der Waals surface area contributed by atoms with Crippen LogP contribution in [-0.4, -0.2) is 18.2 Å². The molecule has 3 rings (SSSR count). The predicted octanol–water partition coefficient (Wildman–Crippen LogP) is 3.57. The minimum absolute atomic E-state index is 0.195. The molecule has 1 aliphatic heterocycles. The Labute approximate surface area is 120 Å². The summed E-state index contributed by atoms with van der Waals surface area (Å²) in [5.74, 6) is -0.195. The number of hydrogen-bond donors (Lipinski definition) is 0. The largest absolute Gasteiger partial charge is 0.463 e. The van der Waals surface area contributed by atoms with E-state index in [4.69, 9.17) is 9.47 Å². The zero-order valence-corrected chi connectivity index (χ0v) is 12.1. The molecular weight excluding hydrogens is 252 g/mol. The molecule has 0 amide bonds. The van der Waals surface area contributed by atoms with Crippen LogP contribution in [0.2, 0.25) is 0 Å². The van der Waals surface area contributed by atoms with Gasteiger partial charge in [-0.05, 0) is 31.2 Å². The number of hydrogen-bond acceptors (Lipinski definition) is 3. The molecule has 1 saturated heterocycles. The molecule has 3 heteroatoms. The Morgan fingerprint density at radius 3 is 2.55 bits per heavy atom. The van der Waals surface area contributed by atoms with Crippen molar-refractivity contribution in [2.45, 2.75) is 56.7 Å². The monoisotopic (exact) mass is 274 g/mol. The highest BCUT2D eigenvalue weighted by Gasteiger charge is 2.78. The maximum absolute atomic E-state index is 12.6. The Bertz CT molecular complexity index is 478. The van der Waals surface area contributed by atoms with Crippen molar-refractivity contribution in [2.24, 2.45) is 0 Å². The van der Waals surface area contributed by atoms with Gasteiger partial charge in [-0.25, -0.2) is 4.79 Å². The second kappa shape index (κ2) is 5.21. The SMILES string of the molecule is CCCCCOC(=O)C1(c2ccccc2)OC12CCC2. The minimum atomic E-state index is -0.821. The molecule has 0 N–H and O–H groups in total. The van der Waals surface area contributed by atoms with Crippen molar-refractivity contribution < 1.29 is 14.3 Å². The summed E-state index contributed by atoms with van der Waals surface area (Å²) in [4.78, 5) is 12.6. The number of epoxide rings is 1. The Kier molecular flexibility index (Phi) is 3.55. The maximum Gasteiger partial charge on any atom is 0.346 e. The first-order chi connectivity index (χ1) is 9.75. The van der Waals surface area contributed by atoms with Crippen LogP contribution in [-0.2, 0) is 19.9 Å². The minimum Gasteiger partial charge on any atom is -0.463 e. The molecule has 2 aliphatic rings. The lowest BCUT2D eigenvalue weighted by Gasteiger charge is -2.26. The van der Waals surface area contributed by atoms with Gasteiger partial charge >= 0.3 is 5.97 Å². The number of benzene rings is 1. The summed E-state index contributed by atoms with van der Waals surface area (Å²) in [6.45, 7) is 2.64. The number of unbranched alkanes of at least 4 members (excludes halogenated alkanes) is 2. The Balaban J connectivity index is 1.73. The van der Waals surface area contributed by atoms with Crippen molar-refractivity contribution in [3.8, 4) is 0 Å². The summed E-state index contributed by atoms with van der Waals surface area (Å²) in [5.41, 5.74) is -0.144. The van der Waals surface area contributed by atoms with Crippen molar-refractivity contribution in [3.05, 3.63) is 35.9 Å². The van der Waals surface area contributed by atoms with Gasteiger partial charge in [-0.15, -0.1) is 0 Å². The average molecular weight is 274 g/mol. The lowest BCUT2D eigenvalue weighted by molar-refractivity contribution is -0.150. The van der Waals surface area contributed by atoms with Crippen LogP contribution >= 0.6 is 0 Å². The van der Waals surface area contributed by atoms with E-state index in [1.54, 1.807) is 0 Å². The van der Waals surface area contributed by atoms with Crippen molar-refractivity contribution in [2.75, 3.05) is 6.61 Å². The molecule has 20 heavy (non-hydrogen) atoms. The molecule has 1 heterocycles. The highest BCUT2D eigenvalue weighted by Crippen LogP contribution is 2.66. The molecule has 2 fully saturated rings. The summed E-state index contributed by atoms with van der Waals surface area (Å²) in [6, 6.07) is 9.81. The van der Waals surface area contributed by atoms with Gasteiger partial charge in [-0.1, -0.05) is 50.1 Å². The second-order valence-electron chi connectivity index (χ2n) is 5.84. The molecule has 0 radical (unpaired) electrons. The molecule has 1 atom stereocenters. The standard InChI is InChI=1S/C17H22O3/c1-2-3-7-13-19-15(18)17(14-9-5-4-6-10-14)16(20-17)11-8-12-16/h4-6,9-10H,2-3,7-8,11-13H2,1H3. The highest BCUT2D eigenvalue weighted by atomic mass is 16.7. The van der Waals surface area contributed by atoms with E-state index in [9.17, 15) is 4.79 Å². The van der Waals surface area contributed by atoms with E-state index in [1.165, 1.54) is 0 Å². The molecular formula is C17H22O3. The molecule has 1 spiro atoms. The summed E-state index contributed by atoms with van der Waals surface area (Å²) in [7, 11) is 0. The van der Waals surface area contributed by atoms with Crippen molar-refractivity contribution in [3.63, 3.8) is 0 Å². The number of carbonyl (C=O) groups is 1. The smallest absolute Gasteiger partial charge is 0.346 e. The maximum atomic E-state index is 12.6. The average Bonchev–Trinajstić information content (AvgIpc) is 3.16. The number of esters is 1. The van der Waals surface area contributed by atoms with E-state index in [0.717, 1.165) is 44.1 Å². The van der Waals surface area contributed by atoms with Crippen LogP contribution in [0.5, 0.6) is 0 Å².